The first-order valence-electron chi connectivity index (χ1n) is 19.9. The van der Waals surface area contributed by atoms with E-state index < -0.39 is 12.1 Å². The van der Waals surface area contributed by atoms with Crippen molar-refractivity contribution in [1.82, 2.24) is 5.32 Å². The van der Waals surface area contributed by atoms with Gasteiger partial charge in [0.25, 0.3) is 0 Å². The third-order valence-corrected chi connectivity index (χ3v) is 14.2. The van der Waals surface area contributed by atoms with Crippen LogP contribution in [0.1, 0.15) is 175 Å². The normalized spacial score (nSPS) is 37.6. The topological polar surface area (TPSA) is 107 Å². The maximum Gasteiger partial charge on any atom is 0.303 e. The lowest BCUT2D eigenvalue weighted by Crippen LogP contribution is -2.63. The van der Waals surface area contributed by atoms with Gasteiger partial charge >= 0.3 is 5.97 Å². The van der Waals surface area contributed by atoms with Crippen LogP contribution in [0.3, 0.4) is 0 Å². The molecule has 4 aliphatic carbocycles. The summed E-state index contributed by atoms with van der Waals surface area (Å²) in [6, 6.07) is 0.195. The fourth-order valence-electron chi connectivity index (χ4n) is 11.4. The molecule has 0 spiro atoms. The molecule has 0 radical (unpaired) electrons. The summed E-state index contributed by atoms with van der Waals surface area (Å²) in [4.78, 5) is 24.2. The lowest BCUT2D eigenvalue weighted by molar-refractivity contribution is -0.202. The number of amides is 1. The number of fused-ring (bicyclic) bond motifs is 5. The van der Waals surface area contributed by atoms with Crippen LogP contribution in [0.4, 0.5) is 0 Å². The SMILES string of the molecule is CCCCCCCCCCCCCCCC(=O)NC1CC[C@@]2(C)[C@@H](C1)C[C@@H](O)[C@@H]1[C@@H]2C[C@H](O)[C@]2(C)[C@@H]([C@H](C)CCC(=O)O)CC[C@@H]12. The van der Waals surface area contributed by atoms with E-state index in [-0.39, 0.29) is 53.1 Å². The second-order valence-electron chi connectivity index (χ2n) is 17.0. The van der Waals surface area contributed by atoms with Crippen LogP contribution in [0.15, 0.2) is 0 Å². The minimum atomic E-state index is -0.746. The Morgan fingerprint density at radius 3 is 2.00 bits per heavy atom. The van der Waals surface area contributed by atoms with E-state index in [1.807, 2.05) is 0 Å². The molecule has 0 heterocycles. The molecule has 4 aliphatic rings. The van der Waals surface area contributed by atoms with Gasteiger partial charge in [-0.3, -0.25) is 9.59 Å². The molecule has 0 saturated heterocycles. The van der Waals surface area contributed by atoms with Gasteiger partial charge in [0, 0.05) is 18.9 Å². The minimum Gasteiger partial charge on any atom is -0.481 e. The predicted molar refractivity (Wildman–Crippen MR) is 186 cm³/mol. The van der Waals surface area contributed by atoms with Gasteiger partial charge in [-0.15, -0.1) is 0 Å². The smallest absolute Gasteiger partial charge is 0.303 e. The van der Waals surface area contributed by atoms with Gasteiger partial charge in [0.1, 0.15) is 0 Å². The zero-order valence-electron chi connectivity index (χ0n) is 30.1. The van der Waals surface area contributed by atoms with Crippen LogP contribution in [-0.4, -0.2) is 45.4 Å². The van der Waals surface area contributed by atoms with Crippen molar-refractivity contribution in [2.45, 2.75) is 194 Å². The summed E-state index contributed by atoms with van der Waals surface area (Å²) in [5.41, 5.74) is -0.183. The fraction of sp³-hybridized carbons (Fsp3) is 0.950. The van der Waals surface area contributed by atoms with Crippen LogP contribution in [0.2, 0.25) is 0 Å². The zero-order chi connectivity index (χ0) is 33.3. The van der Waals surface area contributed by atoms with Crippen LogP contribution in [0.5, 0.6) is 0 Å². The Kier molecular flexibility index (Phi) is 14.3. The van der Waals surface area contributed by atoms with Crippen LogP contribution in [0, 0.1) is 46.3 Å². The molecule has 6 nitrogen and oxygen atoms in total. The molecule has 1 amide bonds. The van der Waals surface area contributed by atoms with Crippen molar-refractivity contribution in [2.24, 2.45) is 46.3 Å². The molecule has 4 fully saturated rings. The first-order valence-corrected chi connectivity index (χ1v) is 19.9. The summed E-state index contributed by atoms with van der Waals surface area (Å²) >= 11 is 0. The first-order chi connectivity index (χ1) is 22.0. The third-order valence-electron chi connectivity index (χ3n) is 14.2. The second kappa shape index (κ2) is 17.5. The van der Waals surface area contributed by atoms with Gasteiger partial charge in [-0.25, -0.2) is 0 Å². The fourth-order valence-corrected chi connectivity index (χ4v) is 11.4. The van der Waals surface area contributed by atoms with E-state index in [2.05, 4.69) is 33.0 Å². The molecule has 4 rings (SSSR count). The van der Waals surface area contributed by atoms with Crippen molar-refractivity contribution in [3.63, 3.8) is 0 Å². The second-order valence-corrected chi connectivity index (χ2v) is 17.0. The average Bonchev–Trinajstić information content (AvgIpc) is 3.38. The lowest BCUT2D eigenvalue weighted by atomic mass is 9.43. The van der Waals surface area contributed by atoms with Crippen LogP contribution in [-0.2, 0) is 9.59 Å². The number of aliphatic hydroxyl groups excluding tert-OH is 2. The molecule has 0 aromatic carbocycles. The van der Waals surface area contributed by atoms with Gasteiger partial charge in [-0.05, 0) is 104 Å². The van der Waals surface area contributed by atoms with Gasteiger partial charge < -0.3 is 20.6 Å². The summed E-state index contributed by atoms with van der Waals surface area (Å²) in [5.74, 6) is 1.14. The molecule has 0 aromatic heterocycles. The Labute approximate surface area is 281 Å². The molecule has 0 bridgehead atoms. The van der Waals surface area contributed by atoms with Crippen LogP contribution < -0.4 is 5.32 Å². The van der Waals surface area contributed by atoms with Crippen molar-refractivity contribution in [2.75, 3.05) is 0 Å². The van der Waals surface area contributed by atoms with E-state index in [0.29, 0.717) is 30.6 Å². The van der Waals surface area contributed by atoms with Crippen molar-refractivity contribution in [3.8, 4) is 0 Å². The van der Waals surface area contributed by atoms with Gasteiger partial charge in [0.15, 0.2) is 0 Å². The van der Waals surface area contributed by atoms with E-state index in [9.17, 15) is 24.9 Å². The quantitative estimate of drug-likeness (QED) is 0.105. The number of unbranched alkanes of at least 4 members (excludes halogenated alkanes) is 12. The number of carbonyl (C=O) groups is 2. The average molecular weight is 646 g/mol. The van der Waals surface area contributed by atoms with Crippen molar-refractivity contribution < 1.29 is 24.9 Å². The summed E-state index contributed by atoms with van der Waals surface area (Å²) in [7, 11) is 0. The van der Waals surface area contributed by atoms with E-state index in [1.165, 1.54) is 70.6 Å². The number of rotatable bonds is 19. The lowest BCUT2D eigenvalue weighted by Gasteiger charge is -2.63. The summed E-state index contributed by atoms with van der Waals surface area (Å²) < 4.78 is 0. The maximum atomic E-state index is 12.9. The monoisotopic (exact) mass is 646 g/mol. The van der Waals surface area contributed by atoms with Gasteiger partial charge in [0.05, 0.1) is 12.2 Å². The van der Waals surface area contributed by atoms with Gasteiger partial charge in [-0.1, -0.05) is 105 Å². The summed E-state index contributed by atoms with van der Waals surface area (Å²) in [6.45, 7) is 9.11. The van der Waals surface area contributed by atoms with E-state index in [0.717, 1.165) is 57.8 Å². The molecular formula is C40H71NO5. The molecule has 1 unspecified atom stereocenters. The van der Waals surface area contributed by atoms with E-state index >= 15 is 0 Å². The molecule has 0 aromatic rings. The highest BCUT2D eigenvalue weighted by molar-refractivity contribution is 5.76. The number of hydrogen-bond donors (Lipinski definition) is 4. The molecule has 46 heavy (non-hydrogen) atoms. The zero-order valence-corrected chi connectivity index (χ0v) is 30.1. The van der Waals surface area contributed by atoms with Crippen molar-refractivity contribution in [1.29, 1.82) is 0 Å². The van der Waals surface area contributed by atoms with E-state index in [1.54, 1.807) is 0 Å². The number of carbonyl (C=O) groups excluding carboxylic acids is 1. The number of aliphatic hydroxyl groups is 2. The Morgan fingerprint density at radius 1 is 0.783 bits per heavy atom. The Bertz CT molecular complexity index is 956. The Morgan fingerprint density at radius 2 is 1.39 bits per heavy atom. The molecule has 6 heteroatoms. The van der Waals surface area contributed by atoms with Crippen molar-refractivity contribution in [3.05, 3.63) is 0 Å². The maximum absolute atomic E-state index is 12.9. The largest absolute Gasteiger partial charge is 0.481 e. The molecule has 11 atom stereocenters. The third kappa shape index (κ3) is 8.90. The highest BCUT2D eigenvalue weighted by atomic mass is 16.4. The minimum absolute atomic E-state index is 0.0789. The number of carboxylic acids is 1. The number of nitrogens with one attached hydrogen (secondary N) is 1. The summed E-state index contributed by atoms with van der Waals surface area (Å²) in [6.07, 6.45) is 24.3. The highest BCUT2D eigenvalue weighted by Gasteiger charge is 2.65. The van der Waals surface area contributed by atoms with Crippen molar-refractivity contribution >= 4 is 11.9 Å². The van der Waals surface area contributed by atoms with Crippen LogP contribution >= 0.6 is 0 Å². The van der Waals surface area contributed by atoms with Gasteiger partial charge in [-0.2, -0.15) is 0 Å². The Hall–Kier alpha value is -1.14. The molecule has 266 valence electrons. The molecule has 4 N–H and O–H groups in total. The van der Waals surface area contributed by atoms with E-state index in [4.69, 9.17) is 0 Å². The summed E-state index contributed by atoms with van der Waals surface area (Å²) in [5, 5.41) is 36.1. The number of aliphatic carboxylic acids is 1. The molecule has 0 aliphatic heterocycles. The highest BCUT2D eigenvalue weighted by Crippen LogP contribution is 2.68. The molecule has 4 saturated carbocycles. The predicted octanol–water partition coefficient (Wildman–Crippen LogP) is 9.05. The van der Waals surface area contributed by atoms with Crippen LogP contribution in [0.25, 0.3) is 0 Å². The molecular weight excluding hydrogens is 574 g/mol. The standard InChI is InChI=1S/C40H71NO5/c1-5-6-7-8-9-10-11-12-13-14-15-16-17-18-36(44)41-30-23-24-39(3)29(25-30)26-34(42)38-32-21-20-31(28(2)19-22-37(45)46)40(32,4)35(43)27-33(38)39/h28-35,38,42-43H,5-27H2,1-4H3,(H,41,44)(H,45,46)/t28-,29+,30?,31-,32+,33+,34-,35+,38+,39+,40-/m1/s1. The Balaban J connectivity index is 1.19. The number of carboxylic acid groups (broad SMARTS) is 1. The first kappa shape index (κ1) is 37.7. The number of hydrogen-bond acceptors (Lipinski definition) is 4. The van der Waals surface area contributed by atoms with Gasteiger partial charge in [0.2, 0.25) is 5.91 Å².